The fourth-order valence-electron chi connectivity index (χ4n) is 3.42. The van der Waals surface area contributed by atoms with Crippen molar-refractivity contribution in [2.45, 2.75) is 31.6 Å². The number of hydrogen-bond acceptors (Lipinski definition) is 4. The van der Waals surface area contributed by atoms with Crippen LogP contribution in [0.1, 0.15) is 24.0 Å². The highest BCUT2D eigenvalue weighted by atomic mass is 35.5. The van der Waals surface area contributed by atoms with Crippen LogP contribution in [0.3, 0.4) is 0 Å². The first-order valence-electron chi connectivity index (χ1n) is 9.44. The summed E-state index contributed by atoms with van der Waals surface area (Å²) in [6.07, 6.45) is 0.944. The minimum absolute atomic E-state index is 0.0664. The van der Waals surface area contributed by atoms with Gasteiger partial charge >= 0.3 is 0 Å². The fourth-order valence-corrected chi connectivity index (χ4v) is 5.24. The lowest BCUT2D eigenvalue weighted by Gasteiger charge is -2.30. The fraction of sp³-hybridized carbons (Fsp3) is 0.381. The number of aryl methyl sites for hydroxylation is 2. The molecule has 0 spiro atoms. The quantitative estimate of drug-likeness (QED) is 0.768. The van der Waals surface area contributed by atoms with Gasteiger partial charge in [-0.3, -0.25) is 4.79 Å². The average molecular weight is 437 g/mol. The molecule has 0 saturated carbocycles. The van der Waals surface area contributed by atoms with Gasteiger partial charge in [0.15, 0.2) is 0 Å². The Bertz CT molecular complexity index is 1020. The molecule has 0 unspecified atom stereocenters. The molecule has 2 aromatic carbocycles. The van der Waals surface area contributed by atoms with Gasteiger partial charge in [-0.1, -0.05) is 23.7 Å². The summed E-state index contributed by atoms with van der Waals surface area (Å²) in [5.41, 5.74) is 2.88. The molecule has 1 aliphatic heterocycles. The number of nitrogens with one attached hydrogen (secondary N) is 1. The summed E-state index contributed by atoms with van der Waals surface area (Å²) < 4.78 is 32.3. The van der Waals surface area contributed by atoms with Gasteiger partial charge in [-0.25, -0.2) is 8.42 Å². The number of anilines is 1. The van der Waals surface area contributed by atoms with E-state index in [1.54, 1.807) is 6.07 Å². The second-order valence-corrected chi connectivity index (χ2v) is 9.63. The van der Waals surface area contributed by atoms with E-state index < -0.39 is 10.0 Å². The van der Waals surface area contributed by atoms with E-state index in [9.17, 15) is 13.2 Å². The summed E-state index contributed by atoms with van der Waals surface area (Å²) in [5.74, 6) is 0.136. The summed E-state index contributed by atoms with van der Waals surface area (Å²) in [4.78, 5) is 12.8. The number of hydrogen-bond donors (Lipinski definition) is 1. The lowest BCUT2D eigenvalue weighted by Crippen LogP contribution is -2.41. The second-order valence-electron chi connectivity index (χ2n) is 7.28. The van der Waals surface area contributed by atoms with Crippen LogP contribution in [-0.2, 0) is 14.8 Å². The van der Waals surface area contributed by atoms with Crippen molar-refractivity contribution in [2.24, 2.45) is 5.92 Å². The molecule has 6 nitrogen and oxygen atoms in total. The zero-order valence-electron chi connectivity index (χ0n) is 16.7. The highest BCUT2D eigenvalue weighted by Crippen LogP contribution is 2.30. The zero-order valence-corrected chi connectivity index (χ0v) is 18.3. The topological polar surface area (TPSA) is 75.7 Å². The van der Waals surface area contributed by atoms with Crippen molar-refractivity contribution >= 4 is 33.2 Å². The number of rotatable bonds is 5. The molecule has 1 saturated heterocycles. The Balaban J connectivity index is 1.65. The first-order valence-corrected chi connectivity index (χ1v) is 11.3. The number of carbonyl (C=O) groups excluding carboxylic acids is 1. The molecule has 1 heterocycles. The Hall–Kier alpha value is -2.09. The molecule has 1 N–H and O–H groups in total. The summed E-state index contributed by atoms with van der Waals surface area (Å²) in [7, 11) is -2.19. The van der Waals surface area contributed by atoms with Crippen molar-refractivity contribution in [3.05, 3.63) is 52.5 Å². The number of amides is 1. The van der Waals surface area contributed by atoms with Gasteiger partial charge in [-0.15, -0.1) is 0 Å². The molecule has 0 aliphatic carbocycles. The normalized spacial score (nSPS) is 15.9. The average Bonchev–Trinajstić information content (AvgIpc) is 2.70. The standard InChI is InChI=1S/C21H25ClN2O4S/c1-14-4-5-15(2)19(12-14)23-21(25)16-8-10-24(11-9-16)29(26,27)17-6-7-20(28-3)18(22)13-17/h4-7,12-13,16H,8-11H2,1-3H3,(H,23,25). The summed E-state index contributed by atoms with van der Waals surface area (Å²) in [6.45, 7) is 4.50. The number of benzene rings is 2. The maximum Gasteiger partial charge on any atom is 0.243 e. The van der Waals surface area contributed by atoms with Gasteiger partial charge in [-0.05, 0) is 62.1 Å². The third kappa shape index (κ3) is 4.74. The van der Waals surface area contributed by atoms with Crippen LogP contribution in [0.2, 0.25) is 5.02 Å². The molecular formula is C21H25ClN2O4S. The third-order valence-corrected chi connectivity index (χ3v) is 7.43. The highest BCUT2D eigenvalue weighted by Gasteiger charge is 2.32. The van der Waals surface area contributed by atoms with Crippen LogP contribution in [-0.4, -0.2) is 38.8 Å². The molecule has 0 bridgehead atoms. The maximum absolute atomic E-state index is 12.9. The number of ether oxygens (including phenoxy) is 1. The van der Waals surface area contributed by atoms with Crippen LogP contribution in [0.4, 0.5) is 5.69 Å². The van der Waals surface area contributed by atoms with Crippen LogP contribution < -0.4 is 10.1 Å². The van der Waals surface area contributed by atoms with Crippen molar-refractivity contribution < 1.29 is 17.9 Å². The van der Waals surface area contributed by atoms with Crippen molar-refractivity contribution in [1.82, 2.24) is 4.31 Å². The van der Waals surface area contributed by atoms with Gasteiger partial charge in [-0.2, -0.15) is 4.31 Å². The van der Waals surface area contributed by atoms with E-state index in [0.717, 1.165) is 16.8 Å². The first-order chi connectivity index (χ1) is 13.7. The van der Waals surface area contributed by atoms with Gasteiger partial charge in [0.05, 0.1) is 17.0 Å². The van der Waals surface area contributed by atoms with E-state index >= 15 is 0 Å². The molecule has 8 heteroatoms. The van der Waals surface area contributed by atoms with Crippen LogP contribution in [0.25, 0.3) is 0 Å². The van der Waals surface area contributed by atoms with E-state index in [1.165, 1.54) is 23.5 Å². The molecular weight excluding hydrogens is 412 g/mol. The van der Waals surface area contributed by atoms with Crippen molar-refractivity contribution in [3.63, 3.8) is 0 Å². The minimum Gasteiger partial charge on any atom is -0.495 e. The zero-order chi connectivity index (χ0) is 21.2. The van der Waals surface area contributed by atoms with Crippen molar-refractivity contribution in [1.29, 1.82) is 0 Å². The number of halogens is 1. The molecule has 156 valence electrons. The van der Waals surface area contributed by atoms with E-state index in [4.69, 9.17) is 16.3 Å². The molecule has 3 rings (SSSR count). The molecule has 1 aliphatic rings. The number of piperidine rings is 1. The Morgan fingerprint density at radius 3 is 2.45 bits per heavy atom. The van der Waals surface area contributed by atoms with Gasteiger partial charge in [0, 0.05) is 24.7 Å². The molecule has 1 fully saturated rings. The number of nitrogens with zero attached hydrogens (tertiary/aromatic N) is 1. The molecule has 0 atom stereocenters. The summed E-state index contributed by atoms with van der Waals surface area (Å²) >= 11 is 6.08. The monoisotopic (exact) mass is 436 g/mol. The van der Waals surface area contributed by atoms with Crippen LogP contribution in [0.15, 0.2) is 41.3 Å². The van der Waals surface area contributed by atoms with Gasteiger partial charge in [0.2, 0.25) is 15.9 Å². The van der Waals surface area contributed by atoms with E-state index in [-0.39, 0.29) is 34.8 Å². The van der Waals surface area contributed by atoms with E-state index in [0.29, 0.717) is 18.6 Å². The largest absolute Gasteiger partial charge is 0.495 e. The van der Waals surface area contributed by atoms with E-state index in [1.807, 2.05) is 32.0 Å². The predicted molar refractivity (Wildman–Crippen MR) is 114 cm³/mol. The Kier molecular flexibility index (Phi) is 6.51. The van der Waals surface area contributed by atoms with Gasteiger partial charge in [0.25, 0.3) is 0 Å². The summed E-state index contributed by atoms with van der Waals surface area (Å²) in [6, 6.07) is 10.3. The van der Waals surface area contributed by atoms with Gasteiger partial charge < -0.3 is 10.1 Å². The lowest BCUT2D eigenvalue weighted by molar-refractivity contribution is -0.120. The number of methoxy groups -OCH3 is 1. The Morgan fingerprint density at radius 2 is 1.83 bits per heavy atom. The molecule has 2 aromatic rings. The second kappa shape index (κ2) is 8.73. The maximum atomic E-state index is 12.9. The van der Waals surface area contributed by atoms with Gasteiger partial charge in [0.1, 0.15) is 5.75 Å². The number of sulfonamides is 1. The van der Waals surface area contributed by atoms with Crippen LogP contribution >= 0.6 is 11.6 Å². The predicted octanol–water partition coefficient (Wildman–Crippen LogP) is 4.00. The SMILES string of the molecule is COc1ccc(S(=O)(=O)N2CCC(C(=O)Nc3cc(C)ccc3C)CC2)cc1Cl. The van der Waals surface area contributed by atoms with Crippen molar-refractivity contribution in [3.8, 4) is 5.75 Å². The lowest BCUT2D eigenvalue weighted by atomic mass is 9.97. The highest BCUT2D eigenvalue weighted by molar-refractivity contribution is 7.89. The van der Waals surface area contributed by atoms with Crippen LogP contribution in [0.5, 0.6) is 5.75 Å². The molecule has 1 amide bonds. The first kappa shape index (κ1) is 21.6. The molecule has 0 aromatic heterocycles. The smallest absolute Gasteiger partial charge is 0.243 e. The molecule has 29 heavy (non-hydrogen) atoms. The minimum atomic E-state index is -3.67. The third-order valence-electron chi connectivity index (χ3n) is 5.24. The van der Waals surface area contributed by atoms with Crippen LogP contribution in [0, 0.1) is 19.8 Å². The Labute approximate surface area is 176 Å². The molecule has 0 radical (unpaired) electrons. The van der Waals surface area contributed by atoms with Crippen molar-refractivity contribution in [2.75, 3.05) is 25.5 Å². The summed E-state index contributed by atoms with van der Waals surface area (Å²) in [5, 5.41) is 3.23. The number of carbonyl (C=O) groups is 1. The Morgan fingerprint density at radius 1 is 1.14 bits per heavy atom. The van der Waals surface area contributed by atoms with E-state index in [2.05, 4.69) is 5.32 Å².